The summed E-state index contributed by atoms with van der Waals surface area (Å²) in [5.41, 5.74) is 1.08. The largest absolute Gasteiger partial charge is 0.480 e. The number of hydrogen-bond donors (Lipinski definition) is 2. The van der Waals surface area contributed by atoms with E-state index >= 15 is 0 Å². The van der Waals surface area contributed by atoms with Gasteiger partial charge >= 0.3 is 5.97 Å². The van der Waals surface area contributed by atoms with Gasteiger partial charge in [-0.05, 0) is 55.9 Å². The van der Waals surface area contributed by atoms with Gasteiger partial charge in [0.15, 0.2) is 0 Å². The molecule has 0 radical (unpaired) electrons. The number of carbonyl (C=O) groups is 2. The lowest BCUT2D eigenvalue weighted by molar-refractivity contribution is -0.138. The number of carboxylic acids is 1. The minimum atomic E-state index is -0.830. The van der Waals surface area contributed by atoms with Gasteiger partial charge in [-0.1, -0.05) is 30.9 Å². The molecule has 1 saturated heterocycles. The number of amides is 1. The van der Waals surface area contributed by atoms with E-state index in [1.165, 1.54) is 19.3 Å². The fraction of sp³-hybridized carbons (Fsp3) is 0.500. The van der Waals surface area contributed by atoms with E-state index in [0.29, 0.717) is 52.7 Å². The van der Waals surface area contributed by atoms with Crippen LogP contribution in [-0.4, -0.2) is 41.1 Å². The second-order valence-electron chi connectivity index (χ2n) is 8.06. The molecule has 7 heteroatoms. The van der Waals surface area contributed by atoms with Gasteiger partial charge in [-0.2, -0.15) is 0 Å². The van der Waals surface area contributed by atoms with E-state index in [-0.39, 0.29) is 5.91 Å². The van der Waals surface area contributed by atoms with Crippen molar-refractivity contribution >= 4 is 40.2 Å². The van der Waals surface area contributed by atoms with Crippen molar-refractivity contribution in [3.8, 4) is 0 Å². The number of nitrogens with zero attached hydrogens (tertiary/aromatic N) is 2. The maximum absolute atomic E-state index is 12.9. The first-order valence-corrected chi connectivity index (χ1v) is 10.8. The van der Waals surface area contributed by atoms with Gasteiger partial charge in [-0.3, -0.25) is 4.79 Å². The second kappa shape index (κ2) is 8.57. The maximum atomic E-state index is 12.9. The fourth-order valence-electron chi connectivity index (χ4n) is 4.57. The van der Waals surface area contributed by atoms with Crippen LogP contribution in [-0.2, 0) is 4.79 Å². The van der Waals surface area contributed by atoms with Crippen LogP contribution in [0.4, 0.5) is 5.82 Å². The molecule has 1 aromatic heterocycles. The zero-order valence-corrected chi connectivity index (χ0v) is 17.1. The van der Waals surface area contributed by atoms with Crippen LogP contribution in [0.25, 0.3) is 10.9 Å². The highest BCUT2D eigenvalue weighted by Crippen LogP contribution is 2.30. The molecule has 1 unspecified atom stereocenters. The maximum Gasteiger partial charge on any atom is 0.326 e. The first kappa shape index (κ1) is 20.0. The Labute approximate surface area is 175 Å². The first-order chi connectivity index (χ1) is 14.0. The normalized spacial score (nSPS) is 20.2. The minimum Gasteiger partial charge on any atom is -0.480 e. The highest BCUT2D eigenvalue weighted by Gasteiger charge is 2.31. The highest BCUT2D eigenvalue weighted by atomic mass is 35.5. The van der Waals surface area contributed by atoms with Gasteiger partial charge in [0.25, 0.3) is 5.91 Å². The van der Waals surface area contributed by atoms with Crippen LogP contribution in [0.5, 0.6) is 0 Å². The van der Waals surface area contributed by atoms with Crippen molar-refractivity contribution in [2.75, 3.05) is 18.0 Å². The molecule has 0 spiro atoms. The molecule has 1 atom stereocenters. The predicted octanol–water partition coefficient (Wildman–Crippen LogP) is 4.25. The molecule has 1 aliphatic heterocycles. The van der Waals surface area contributed by atoms with Crippen LogP contribution >= 0.6 is 11.6 Å². The Morgan fingerprint density at radius 1 is 1.10 bits per heavy atom. The van der Waals surface area contributed by atoms with Crippen LogP contribution in [0, 0.1) is 5.92 Å². The smallest absolute Gasteiger partial charge is 0.326 e. The van der Waals surface area contributed by atoms with Crippen LogP contribution in [0.15, 0.2) is 24.3 Å². The van der Waals surface area contributed by atoms with Crippen molar-refractivity contribution in [2.24, 2.45) is 5.92 Å². The monoisotopic (exact) mass is 415 g/mol. The minimum absolute atomic E-state index is 0.176. The summed E-state index contributed by atoms with van der Waals surface area (Å²) in [6, 6.07) is 6.54. The lowest BCUT2D eigenvalue weighted by Crippen LogP contribution is -2.36. The molecule has 2 aromatic rings. The number of halogens is 1. The molecule has 1 aromatic carbocycles. The van der Waals surface area contributed by atoms with Crippen molar-refractivity contribution < 1.29 is 14.7 Å². The summed E-state index contributed by atoms with van der Waals surface area (Å²) in [6.07, 6.45) is 7.51. The summed E-state index contributed by atoms with van der Waals surface area (Å²) in [7, 11) is 0. The van der Waals surface area contributed by atoms with Crippen LogP contribution < -0.4 is 10.2 Å². The highest BCUT2D eigenvalue weighted by molar-refractivity contribution is 6.35. The van der Waals surface area contributed by atoms with Crippen LogP contribution in [0.3, 0.4) is 0 Å². The first-order valence-electron chi connectivity index (χ1n) is 10.4. The Hall–Kier alpha value is -2.34. The Morgan fingerprint density at radius 2 is 1.90 bits per heavy atom. The molecular weight excluding hydrogens is 390 g/mol. The summed E-state index contributed by atoms with van der Waals surface area (Å²) in [5.74, 6) is 0.154. The average molecular weight is 416 g/mol. The molecule has 2 fully saturated rings. The van der Waals surface area contributed by atoms with Crippen molar-refractivity contribution in [3.63, 3.8) is 0 Å². The molecule has 4 rings (SSSR count). The summed E-state index contributed by atoms with van der Waals surface area (Å²) < 4.78 is 0. The third-order valence-corrected chi connectivity index (χ3v) is 6.46. The van der Waals surface area contributed by atoms with Crippen LogP contribution in [0.1, 0.15) is 55.3 Å². The van der Waals surface area contributed by atoms with Gasteiger partial charge in [-0.15, -0.1) is 0 Å². The number of fused-ring (bicyclic) bond motifs is 1. The number of carbonyl (C=O) groups excluding carboxylic acids is 1. The molecule has 6 nitrogen and oxygen atoms in total. The molecule has 29 heavy (non-hydrogen) atoms. The number of pyridine rings is 1. The van der Waals surface area contributed by atoms with Gasteiger partial charge in [0.2, 0.25) is 0 Å². The Kier molecular flexibility index (Phi) is 5.90. The average Bonchev–Trinajstić information content (AvgIpc) is 3.23. The predicted molar refractivity (Wildman–Crippen MR) is 114 cm³/mol. The molecular formula is C22H26ClN3O3. The molecule has 2 aliphatic rings. The number of aliphatic carboxylic acids is 1. The van der Waals surface area contributed by atoms with Crippen molar-refractivity contribution in [1.82, 2.24) is 10.3 Å². The molecule has 1 amide bonds. The number of anilines is 1. The van der Waals surface area contributed by atoms with Gasteiger partial charge in [0, 0.05) is 18.5 Å². The van der Waals surface area contributed by atoms with Gasteiger partial charge in [-0.25, -0.2) is 9.78 Å². The number of hydrogen-bond acceptors (Lipinski definition) is 4. The quantitative estimate of drug-likeness (QED) is 0.762. The number of aromatic nitrogens is 1. The second-order valence-corrected chi connectivity index (χ2v) is 8.47. The standard InChI is InChI=1S/C22H26ClN3O3/c23-16-9-10-17-15(20(16)21(27)24-13-14-5-2-1-3-6-14)8-11-19(25-17)26-12-4-7-18(26)22(28)29/h8-11,14,18H,1-7,12-13H2,(H,24,27)(H,28,29). The Bertz CT molecular complexity index is 927. The number of rotatable bonds is 5. The van der Waals surface area contributed by atoms with E-state index in [1.54, 1.807) is 18.2 Å². The SMILES string of the molecule is O=C(NCC1CCCCC1)c1c(Cl)ccc2nc(N3CCCC3C(=O)O)ccc12. The fourth-order valence-corrected chi connectivity index (χ4v) is 4.82. The lowest BCUT2D eigenvalue weighted by atomic mass is 9.89. The van der Waals surface area contributed by atoms with E-state index in [1.807, 2.05) is 11.0 Å². The van der Waals surface area contributed by atoms with Gasteiger partial charge < -0.3 is 15.3 Å². The summed E-state index contributed by atoms with van der Waals surface area (Å²) in [4.78, 5) is 30.9. The Morgan fingerprint density at radius 3 is 2.66 bits per heavy atom. The topological polar surface area (TPSA) is 82.5 Å². The third kappa shape index (κ3) is 4.17. The Balaban J connectivity index is 1.58. The van der Waals surface area contributed by atoms with Gasteiger partial charge in [0.05, 0.1) is 16.1 Å². The summed E-state index contributed by atoms with van der Waals surface area (Å²) in [5, 5.41) is 13.6. The van der Waals surface area contributed by atoms with E-state index in [4.69, 9.17) is 11.6 Å². The molecule has 0 bridgehead atoms. The third-order valence-electron chi connectivity index (χ3n) is 6.14. The molecule has 1 saturated carbocycles. The van der Waals surface area contributed by atoms with E-state index in [2.05, 4.69) is 10.3 Å². The number of carboxylic acid groups (broad SMARTS) is 1. The molecule has 1 aliphatic carbocycles. The van der Waals surface area contributed by atoms with Crippen molar-refractivity contribution in [3.05, 3.63) is 34.9 Å². The molecule has 2 N–H and O–H groups in total. The van der Waals surface area contributed by atoms with Crippen molar-refractivity contribution in [1.29, 1.82) is 0 Å². The number of nitrogens with one attached hydrogen (secondary N) is 1. The van der Waals surface area contributed by atoms with E-state index in [0.717, 1.165) is 19.3 Å². The zero-order valence-electron chi connectivity index (χ0n) is 16.4. The van der Waals surface area contributed by atoms with Crippen molar-refractivity contribution in [2.45, 2.75) is 51.0 Å². The van der Waals surface area contributed by atoms with Crippen LogP contribution in [0.2, 0.25) is 5.02 Å². The van der Waals surface area contributed by atoms with E-state index < -0.39 is 12.0 Å². The zero-order chi connectivity index (χ0) is 20.4. The van der Waals surface area contributed by atoms with E-state index in [9.17, 15) is 14.7 Å². The summed E-state index contributed by atoms with van der Waals surface area (Å²) >= 11 is 6.37. The molecule has 2 heterocycles. The molecule has 154 valence electrons. The summed E-state index contributed by atoms with van der Waals surface area (Å²) in [6.45, 7) is 1.34. The number of benzene rings is 1. The lowest BCUT2D eigenvalue weighted by Gasteiger charge is -2.23. The van der Waals surface area contributed by atoms with Gasteiger partial charge in [0.1, 0.15) is 11.9 Å².